The third-order valence-corrected chi connectivity index (χ3v) is 6.66. The van der Waals surface area contributed by atoms with Crippen LogP contribution in [0, 0.1) is 11.3 Å². The molecule has 1 fully saturated rings. The van der Waals surface area contributed by atoms with E-state index in [2.05, 4.69) is 18.2 Å². The molecule has 0 bridgehead atoms. The van der Waals surface area contributed by atoms with Crippen molar-refractivity contribution in [2.24, 2.45) is 4.99 Å². The second-order valence-electron chi connectivity index (χ2n) is 5.27. The summed E-state index contributed by atoms with van der Waals surface area (Å²) in [6.07, 6.45) is 2.24. The van der Waals surface area contributed by atoms with Crippen LogP contribution in [0.15, 0.2) is 39.9 Å². The molecule has 0 saturated carbocycles. The van der Waals surface area contributed by atoms with Crippen molar-refractivity contribution in [3.05, 3.63) is 46.0 Å². The Balaban J connectivity index is 1.82. The van der Waals surface area contributed by atoms with E-state index >= 15 is 0 Å². The Morgan fingerprint density at radius 3 is 3.10 bits per heavy atom. The first-order valence-corrected chi connectivity index (χ1v) is 8.95. The molecule has 0 amide bonds. The van der Waals surface area contributed by atoms with Gasteiger partial charge < -0.3 is 0 Å². The van der Waals surface area contributed by atoms with E-state index in [1.54, 1.807) is 0 Å². The van der Waals surface area contributed by atoms with E-state index in [1.807, 2.05) is 35.7 Å². The lowest BCUT2D eigenvalue weighted by atomic mass is 9.88. The van der Waals surface area contributed by atoms with Crippen LogP contribution >= 0.6 is 23.5 Å². The fourth-order valence-corrected chi connectivity index (χ4v) is 6.02. The maximum atomic E-state index is 9.14. The van der Waals surface area contributed by atoms with Crippen molar-refractivity contribution < 1.29 is 0 Å². The molecule has 20 heavy (non-hydrogen) atoms. The molecule has 1 saturated heterocycles. The highest BCUT2D eigenvalue weighted by Crippen LogP contribution is 2.51. The first kappa shape index (κ1) is 12.6. The second-order valence-corrected chi connectivity index (χ2v) is 7.66. The largest absolute Gasteiger partial charge is 0.260 e. The van der Waals surface area contributed by atoms with Crippen molar-refractivity contribution >= 4 is 29.2 Å². The van der Waals surface area contributed by atoms with Crippen molar-refractivity contribution in [1.82, 2.24) is 0 Å². The Bertz CT molecular complexity index is 669. The standard InChI is InChI=1S/C16H14N2S2/c17-9-10-2-1-3-11(8-10)14-15-12(4-6-19-15)18-13-5-7-20-16(13)14/h1-3,8,14-15H,4-7H2. The van der Waals surface area contributed by atoms with Gasteiger partial charge in [0.15, 0.2) is 0 Å². The molecule has 2 unspecified atom stereocenters. The number of hydrogen-bond donors (Lipinski definition) is 0. The van der Waals surface area contributed by atoms with E-state index in [1.165, 1.54) is 27.6 Å². The van der Waals surface area contributed by atoms with Crippen molar-refractivity contribution in [2.45, 2.75) is 24.0 Å². The zero-order chi connectivity index (χ0) is 13.5. The Kier molecular flexibility index (Phi) is 3.13. The summed E-state index contributed by atoms with van der Waals surface area (Å²) >= 11 is 4.00. The molecule has 0 aliphatic carbocycles. The average Bonchev–Trinajstić information content (AvgIpc) is 3.12. The fraction of sp³-hybridized carbons (Fsp3) is 0.375. The third kappa shape index (κ3) is 1.92. The lowest BCUT2D eigenvalue weighted by molar-refractivity contribution is 0.849. The zero-order valence-electron chi connectivity index (χ0n) is 11.0. The maximum Gasteiger partial charge on any atom is 0.0991 e. The van der Waals surface area contributed by atoms with E-state index in [9.17, 15) is 0 Å². The van der Waals surface area contributed by atoms with Gasteiger partial charge in [-0.15, -0.1) is 11.8 Å². The molecule has 0 aromatic heterocycles. The van der Waals surface area contributed by atoms with Crippen LogP contribution in [0.1, 0.15) is 29.9 Å². The number of fused-ring (bicyclic) bond motifs is 1. The van der Waals surface area contributed by atoms with Gasteiger partial charge >= 0.3 is 0 Å². The first-order valence-electron chi connectivity index (χ1n) is 6.92. The fourth-order valence-electron chi connectivity index (χ4n) is 3.22. The minimum absolute atomic E-state index is 0.422. The lowest BCUT2D eigenvalue weighted by Gasteiger charge is -2.29. The van der Waals surface area contributed by atoms with Crippen LogP contribution in [0.25, 0.3) is 0 Å². The van der Waals surface area contributed by atoms with Gasteiger partial charge in [0.25, 0.3) is 0 Å². The molecule has 0 N–H and O–H groups in total. The normalized spacial score (nSPS) is 27.9. The van der Waals surface area contributed by atoms with E-state index in [4.69, 9.17) is 10.3 Å². The Morgan fingerprint density at radius 2 is 2.20 bits per heavy atom. The molecule has 3 aliphatic rings. The summed E-state index contributed by atoms with van der Waals surface area (Å²) in [5.74, 6) is 2.77. The third-order valence-electron chi connectivity index (χ3n) is 4.10. The van der Waals surface area contributed by atoms with Gasteiger partial charge in [-0.1, -0.05) is 12.1 Å². The summed E-state index contributed by atoms with van der Waals surface area (Å²) in [7, 11) is 0. The molecule has 0 spiro atoms. The van der Waals surface area contributed by atoms with Crippen LogP contribution in [0.2, 0.25) is 0 Å². The van der Waals surface area contributed by atoms with Crippen molar-refractivity contribution in [2.75, 3.05) is 11.5 Å². The summed E-state index contributed by atoms with van der Waals surface area (Å²) in [5.41, 5.74) is 4.75. The number of nitrogens with zero attached hydrogens (tertiary/aromatic N) is 2. The Hall–Kier alpha value is -1.18. The van der Waals surface area contributed by atoms with Gasteiger partial charge in [-0.3, -0.25) is 4.99 Å². The number of aliphatic imine (C=N–C) groups is 1. The van der Waals surface area contributed by atoms with Crippen LogP contribution < -0.4 is 0 Å². The first-order chi connectivity index (χ1) is 9.86. The average molecular weight is 298 g/mol. The monoisotopic (exact) mass is 298 g/mol. The van der Waals surface area contributed by atoms with E-state index in [0.717, 1.165) is 24.2 Å². The molecule has 1 aromatic carbocycles. The van der Waals surface area contributed by atoms with Gasteiger partial charge in [0.05, 0.1) is 22.6 Å². The highest BCUT2D eigenvalue weighted by Gasteiger charge is 2.40. The van der Waals surface area contributed by atoms with E-state index in [0.29, 0.717) is 11.2 Å². The summed E-state index contributed by atoms with van der Waals surface area (Å²) in [5, 5.41) is 9.63. The van der Waals surface area contributed by atoms with Crippen molar-refractivity contribution in [3.63, 3.8) is 0 Å². The maximum absolute atomic E-state index is 9.14. The van der Waals surface area contributed by atoms with Crippen molar-refractivity contribution in [1.29, 1.82) is 5.26 Å². The summed E-state index contributed by atoms with van der Waals surface area (Å²) < 4.78 is 0. The minimum atomic E-state index is 0.422. The highest BCUT2D eigenvalue weighted by molar-refractivity contribution is 8.03. The number of hydrogen-bond acceptors (Lipinski definition) is 4. The number of allylic oxidation sites excluding steroid dienone is 2. The predicted octanol–water partition coefficient (Wildman–Crippen LogP) is 3.95. The number of thioether (sulfide) groups is 2. The zero-order valence-corrected chi connectivity index (χ0v) is 12.6. The molecule has 3 heterocycles. The number of benzene rings is 1. The Morgan fingerprint density at radius 1 is 1.25 bits per heavy atom. The predicted molar refractivity (Wildman–Crippen MR) is 86.3 cm³/mol. The molecule has 2 atom stereocenters. The molecule has 100 valence electrons. The van der Waals surface area contributed by atoms with Gasteiger partial charge in [-0.2, -0.15) is 17.0 Å². The van der Waals surface area contributed by atoms with Crippen molar-refractivity contribution in [3.8, 4) is 6.07 Å². The second kappa shape index (κ2) is 4.98. The van der Waals surface area contributed by atoms with Crippen LogP contribution in [-0.2, 0) is 0 Å². The molecular weight excluding hydrogens is 284 g/mol. The molecular formula is C16H14N2S2. The van der Waals surface area contributed by atoms with Crippen LogP contribution in [-0.4, -0.2) is 22.5 Å². The molecule has 0 radical (unpaired) electrons. The summed E-state index contributed by atoms with van der Waals surface area (Å²) in [6, 6.07) is 10.4. The van der Waals surface area contributed by atoms with Gasteiger partial charge in [0.2, 0.25) is 0 Å². The smallest absolute Gasteiger partial charge is 0.0991 e. The summed E-state index contributed by atoms with van der Waals surface area (Å²) in [4.78, 5) is 6.38. The Labute approximate surface area is 127 Å². The quantitative estimate of drug-likeness (QED) is 0.787. The summed E-state index contributed by atoms with van der Waals surface area (Å²) in [6.45, 7) is 0. The van der Waals surface area contributed by atoms with Crippen LogP contribution in [0.3, 0.4) is 0 Å². The van der Waals surface area contributed by atoms with Crippen LogP contribution in [0.5, 0.6) is 0 Å². The molecule has 1 aromatic rings. The molecule has 2 nitrogen and oxygen atoms in total. The van der Waals surface area contributed by atoms with Gasteiger partial charge in [-0.05, 0) is 36.3 Å². The van der Waals surface area contributed by atoms with Crippen LogP contribution in [0.4, 0.5) is 0 Å². The lowest BCUT2D eigenvalue weighted by Crippen LogP contribution is -2.25. The minimum Gasteiger partial charge on any atom is -0.260 e. The number of nitriles is 1. The van der Waals surface area contributed by atoms with Gasteiger partial charge in [0.1, 0.15) is 0 Å². The number of rotatable bonds is 1. The SMILES string of the molecule is N#Cc1cccc(C2C3=C(CCS3)N=C3CCSC32)c1. The topological polar surface area (TPSA) is 36.1 Å². The molecule has 4 heteroatoms. The molecule has 3 aliphatic heterocycles. The molecule has 4 rings (SSSR count). The van der Waals surface area contributed by atoms with E-state index in [-0.39, 0.29) is 0 Å². The van der Waals surface area contributed by atoms with E-state index < -0.39 is 0 Å². The highest BCUT2D eigenvalue weighted by atomic mass is 32.2. The van der Waals surface area contributed by atoms with Gasteiger partial charge in [0, 0.05) is 22.3 Å². The van der Waals surface area contributed by atoms with Gasteiger partial charge in [-0.25, -0.2) is 0 Å².